The van der Waals surface area contributed by atoms with Gasteiger partial charge in [0.05, 0.1) is 33.5 Å². The van der Waals surface area contributed by atoms with Gasteiger partial charge in [0.25, 0.3) is 0 Å². The Morgan fingerprint density at radius 3 is 1.40 bits per heavy atom. The van der Waals surface area contributed by atoms with Crippen molar-refractivity contribution in [1.82, 2.24) is 19.9 Å². The Bertz CT molecular complexity index is 2370. The van der Waals surface area contributed by atoms with Crippen LogP contribution in [0.25, 0.3) is 78.8 Å². The lowest BCUT2D eigenvalue weighted by atomic mass is 10.1. The lowest BCUT2D eigenvalue weighted by Gasteiger charge is -2.04. The van der Waals surface area contributed by atoms with Gasteiger partial charge in [-0.25, -0.2) is 18.7 Å². The highest BCUT2D eigenvalue weighted by Crippen LogP contribution is 2.35. The van der Waals surface area contributed by atoms with E-state index in [0.29, 0.717) is 0 Å². The van der Waals surface area contributed by atoms with Crippen LogP contribution in [0.4, 0.5) is 0 Å². The van der Waals surface area contributed by atoms with Crippen LogP contribution in [-0.2, 0) is 21.1 Å². The lowest BCUT2D eigenvalue weighted by Crippen LogP contribution is -3.00. The molecule has 0 atom stereocenters. The van der Waals surface area contributed by atoms with Gasteiger partial charge < -0.3 is 86.9 Å². The van der Waals surface area contributed by atoms with E-state index in [2.05, 4.69) is 153 Å². The molecule has 0 saturated carbocycles. The number of nitrogens with one attached hydrogen (secondary N) is 3. The van der Waals surface area contributed by atoms with E-state index in [1.807, 2.05) is 18.7 Å². The molecule has 0 fully saturated rings. The molecule has 1 aliphatic rings. The fraction of sp³-hybridized carbons (Fsp3) is 0.0811. The quantitative estimate of drug-likeness (QED) is 0.130. The molecular weight excluding hydrogens is 923 g/mol. The van der Waals surface area contributed by atoms with Gasteiger partial charge in [0, 0.05) is 64.1 Å². The van der Waals surface area contributed by atoms with Crippen LogP contribution >= 0.6 is 0 Å². The maximum atomic E-state index is 5.32. The third kappa shape index (κ3) is 6.46. The number of aromatic nitrogens is 7. The smallest absolute Gasteiger partial charge is 0.216 e. The molecule has 1 aliphatic heterocycles. The first kappa shape index (κ1) is 34.7. The molecule has 10 heteroatoms. The van der Waals surface area contributed by atoms with Crippen molar-refractivity contribution in [1.29, 1.82) is 0 Å². The number of hydrogen-bond donors (Lipinski definition) is 3. The van der Waals surface area contributed by atoms with Gasteiger partial charge in [-0.3, -0.25) is 0 Å². The number of aromatic amines is 3. The third-order valence-corrected chi connectivity index (χ3v) is 8.42. The van der Waals surface area contributed by atoms with Gasteiger partial charge in [0.15, 0.2) is 31.0 Å². The summed E-state index contributed by atoms with van der Waals surface area (Å²) < 4.78 is 6.25. The van der Waals surface area contributed by atoms with Crippen LogP contribution < -0.4 is 85.6 Å². The molecule has 236 valence electrons. The van der Waals surface area contributed by atoms with E-state index >= 15 is 0 Å². The number of aryl methyl sites for hydroxylation is 3. The molecule has 8 rings (SSSR count). The molecule has 0 aliphatic carbocycles. The summed E-state index contributed by atoms with van der Waals surface area (Å²) in [5.74, 6) is 0. The summed E-state index contributed by atoms with van der Waals surface area (Å²) in [5.41, 5.74) is 14.4. The molecule has 8 bridgehead atoms. The van der Waals surface area contributed by atoms with Gasteiger partial charge in [0.1, 0.15) is 21.1 Å². The lowest BCUT2D eigenvalue weighted by molar-refractivity contribution is -0.671. The number of pyridine rings is 3. The Hall–Kier alpha value is -3.63. The SMILES string of the molecule is C[n+]1ccc(-c2c3nc(c(-c4cccc[n+]4C)c4ccc([nH]4)c(-c4cc[n+](C)cc4)c4ccc([nH]4)c4ccc2[nH]4)C=C3)cc1.[I-].[I-].[I-]. The zero-order valence-corrected chi connectivity index (χ0v) is 32.4. The minimum absolute atomic E-state index is 0. The second kappa shape index (κ2) is 14.2. The fourth-order valence-corrected chi connectivity index (χ4v) is 6.15. The van der Waals surface area contributed by atoms with E-state index in [-0.39, 0.29) is 71.9 Å². The molecule has 0 saturated heterocycles. The highest BCUT2D eigenvalue weighted by Gasteiger charge is 2.20. The van der Waals surface area contributed by atoms with E-state index < -0.39 is 0 Å². The Balaban J connectivity index is 0.00000144. The second-order valence-electron chi connectivity index (χ2n) is 11.4. The standard InChI is InChI=1S/C37H30N7.3HI/c1-42-20-15-24(16-21-42)35-28-9-7-26(38-28)27-8-10-29(39-27)36(25-17-22-43(2)23-18-25)31-12-14-33(41-31)37(32-13-11-30(35)40-32)34-6-4-5-19-44(34)3;;;/h4-23H,1-3H3,(H,40,41);3*1H/q+1;;;/p-1. The fourth-order valence-electron chi connectivity index (χ4n) is 6.15. The molecule has 47 heavy (non-hydrogen) atoms. The summed E-state index contributed by atoms with van der Waals surface area (Å²) in [7, 11) is 6.15. The van der Waals surface area contributed by atoms with Crippen molar-refractivity contribution in [2.75, 3.05) is 0 Å². The molecule has 0 radical (unpaired) electrons. The average Bonchev–Trinajstić information content (AvgIpc) is 3.85. The molecule has 0 aromatic carbocycles. The van der Waals surface area contributed by atoms with E-state index in [1.54, 1.807) is 0 Å². The number of H-pyrrole nitrogens is 3. The van der Waals surface area contributed by atoms with Crippen LogP contribution in [0.1, 0.15) is 11.4 Å². The van der Waals surface area contributed by atoms with E-state index in [1.165, 1.54) is 0 Å². The maximum Gasteiger partial charge on any atom is 0.216 e. The summed E-state index contributed by atoms with van der Waals surface area (Å²) in [6.45, 7) is 0. The van der Waals surface area contributed by atoms with Crippen molar-refractivity contribution in [3.63, 3.8) is 0 Å². The second-order valence-corrected chi connectivity index (χ2v) is 11.4. The molecule has 7 aromatic rings. The topological polar surface area (TPSA) is 71.9 Å². The monoisotopic (exact) mass is 955 g/mol. The summed E-state index contributed by atoms with van der Waals surface area (Å²) in [5, 5.41) is 0. The summed E-state index contributed by atoms with van der Waals surface area (Å²) >= 11 is 0. The minimum Gasteiger partial charge on any atom is -1.00 e. The van der Waals surface area contributed by atoms with Crippen LogP contribution in [0.3, 0.4) is 0 Å². The van der Waals surface area contributed by atoms with Crippen molar-refractivity contribution < 1.29 is 85.6 Å². The van der Waals surface area contributed by atoms with Crippen molar-refractivity contribution in [2.24, 2.45) is 21.1 Å². The molecule has 7 nitrogen and oxygen atoms in total. The summed E-state index contributed by atoms with van der Waals surface area (Å²) in [6.07, 6.45) is 14.7. The van der Waals surface area contributed by atoms with Gasteiger partial charge in [-0.15, -0.1) is 0 Å². The number of halogens is 3. The summed E-state index contributed by atoms with van der Waals surface area (Å²) in [6, 6.07) is 27.8. The molecular formula is C37H32I3N7. The number of nitrogens with zero attached hydrogens (tertiary/aromatic N) is 4. The molecule has 8 heterocycles. The molecule has 0 spiro atoms. The first-order chi connectivity index (χ1) is 21.5. The zero-order valence-electron chi connectivity index (χ0n) is 26.0. The zero-order chi connectivity index (χ0) is 29.8. The van der Waals surface area contributed by atoms with Crippen molar-refractivity contribution in [3.8, 4) is 33.5 Å². The normalized spacial score (nSPS) is 11.1. The van der Waals surface area contributed by atoms with Crippen molar-refractivity contribution in [3.05, 3.63) is 121 Å². The van der Waals surface area contributed by atoms with Crippen LogP contribution in [-0.4, -0.2) is 19.9 Å². The van der Waals surface area contributed by atoms with Crippen LogP contribution in [0.2, 0.25) is 0 Å². The van der Waals surface area contributed by atoms with Crippen LogP contribution in [0, 0.1) is 0 Å². The Kier molecular flexibility index (Phi) is 10.5. The molecule has 0 amide bonds. The Morgan fingerprint density at radius 1 is 0.447 bits per heavy atom. The number of hydrogen-bond acceptors (Lipinski definition) is 1. The predicted octanol–water partition coefficient (Wildman–Crippen LogP) is -2.82. The first-order valence-electron chi connectivity index (χ1n) is 14.7. The van der Waals surface area contributed by atoms with E-state index in [4.69, 9.17) is 4.98 Å². The number of rotatable bonds is 3. The van der Waals surface area contributed by atoms with Gasteiger partial charge in [0.2, 0.25) is 5.69 Å². The first-order valence-corrected chi connectivity index (χ1v) is 14.7. The molecule has 0 unspecified atom stereocenters. The van der Waals surface area contributed by atoms with Gasteiger partial charge in [-0.2, -0.15) is 0 Å². The van der Waals surface area contributed by atoms with E-state index in [9.17, 15) is 0 Å². The van der Waals surface area contributed by atoms with Gasteiger partial charge >= 0.3 is 0 Å². The predicted molar refractivity (Wildman–Crippen MR) is 175 cm³/mol. The largest absolute Gasteiger partial charge is 1.00 e. The molecule has 7 aromatic heterocycles. The van der Waals surface area contributed by atoms with Crippen molar-refractivity contribution in [2.45, 2.75) is 0 Å². The maximum absolute atomic E-state index is 5.32. The van der Waals surface area contributed by atoms with Crippen LogP contribution in [0.5, 0.6) is 0 Å². The van der Waals surface area contributed by atoms with Gasteiger partial charge in [-0.1, -0.05) is 0 Å². The Morgan fingerprint density at radius 2 is 0.872 bits per heavy atom. The highest BCUT2D eigenvalue weighted by atomic mass is 127. The average molecular weight is 955 g/mol. The number of fused-ring (bicyclic) bond motifs is 9. The van der Waals surface area contributed by atoms with Crippen molar-refractivity contribution >= 4 is 45.3 Å². The molecule has 3 N–H and O–H groups in total. The van der Waals surface area contributed by atoms with E-state index in [0.717, 1.165) is 78.0 Å². The highest BCUT2D eigenvalue weighted by molar-refractivity contribution is 5.99. The Labute approximate surface area is 323 Å². The summed E-state index contributed by atoms with van der Waals surface area (Å²) in [4.78, 5) is 16.5. The van der Waals surface area contributed by atoms with Crippen LogP contribution in [0.15, 0.2) is 110 Å². The van der Waals surface area contributed by atoms with Gasteiger partial charge in [-0.05, 0) is 65.7 Å². The third-order valence-electron chi connectivity index (χ3n) is 8.42. The minimum atomic E-state index is 0.